The summed E-state index contributed by atoms with van der Waals surface area (Å²) in [6.07, 6.45) is 9.48. The van der Waals surface area contributed by atoms with Crippen molar-refractivity contribution in [1.29, 1.82) is 0 Å². The van der Waals surface area contributed by atoms with E-state index >= 15 is 0 Å². The molecule has 1 saturated carbocycles. The predicted molar refractivity (Wildman–Crippen MR) is 219 cm³/mol. The van der Waals surface area contributed by atoms with Crippen LogP contribution in [0.15, 0.2) is 41.7 Å². The van der Waals surface area contributed by atoms with E-state index in [0.717, 1.165) is 44.2 Å². The number of aromatic nitrogens is 2. The van der Waals surface area contributed by atoms with E-state index in [4.69, 9.17) is 23.2 Å². The molecule has 6 N–H and O–H groups in total. The topological polar surface area (TPSA) is 252 Å². The Morgan fingerprint density at radius 3 is 1.98 bits per heavy atom. The number of nitrogens with zero attached hydrogens (tertiary/aromatic N) is 2. The lowest BCUT2D eigenvalue weighted by Gasteiger charge is -2.31. The van der Waals surface area contributed by atoms with Crippen LogP contribution in [0.25, 0.3) is 0 Å². The summed E-state index contributed by atoms with van der Waals surface area (Å²) >= 11 is 11.7. The summed E-state index contributed by atoms with van der Waals surface area (Å²) in [5, 5.41) is 12.9. The molecule has 1 aromatic heterocycles. The van der Waals surface area contributed by atoms with Crippen LogP contribution in [0.3, 0.4) is 0 Å². The Balaban J connectivity index is 1.73. The smallest absolute Gasteiger partial charge is 0.290 e. The third-order valence-corrected chi connectivity index (χ3v) is 11.7. The van der Waals surface area contributed by atoms with E-state index in [0.29, 0.717) is 6.42 Å². The zero-order valence-electron chi connectivity index (χ0n) is 33.8. The van der Waals surface area contributed by atoms with Crippen molar-refractivity contribution < 1.29 is 42.0 Å². The first-order valence-corrected chi connectivity index (χ1v) is 21.9. The van der Waals surface area contributed by atoms with Gasteiger partial charge in [0, 0.05) is 22.4 Å². The van der Waals surface area contributed by atoms with Crippen LogP contribution in [-0.4, -0.2) is 90.3 Å². The van der Waals surface area contributed by atoms with Gasteiger partial charge in [0.05, 0.1) is 23.7 Å². The molecule has 0 aliphatic heterocycles. The molecule has 1 aromatic carbocycles. The summed E-state index contributed by atoms with van der Waals surface area (Å²) in [7, 11) is -4.43. The van der Waals surface area contributed by atoms with E-state index in [2.05, 4.69) is 36.6 Å². The van der Waals surface area contributed by atoms with E-state index in [1.807, 2.05) is 20.8 Å². The minimum absolute atomic E-state index is 0.00705. The Morgan fingerprint density at radius 1 is 0.780 bits per heavy atom. The van der Waals surface area contributed by atoms with Crippen LogP contribution < -0.4 is 31.3 Å². The molecule has 1 aliphatic rings. The zero-order chi connectivity index (χ0) is 43.9. The average molecular weight is 882 g/mol. The molecule has 20 heteroatoms. The molecule has 1 aliphatic carbocycles. The fourth-order valence-corrected chi connectivity index (χ4v) is 8.23. The standard InChI is InChI=1S/C39H54Cl2N8O9S/c1-6-23(5)33(48-36(53)29(15-22(3)4)46-37(54)31-20-42-13-14-43-31)38(55)47-30(16-24-11-9-8-10-12-24)35(52)45-28(7-2)34(51)39(56)44-21-32(50)49-59(57,58)27-18-25(40)17-26(41)19-27/h13-14,17-20,22-24,28-30,33H,6-12,15-16,21H2,1-5H3,(H,44,56)(H,45,52)(H,46,54)(H,47,55)(H,48,53)(H,49,50)/t23-,28-,29-,30-,33?/m0/s1. The lowest BCUT2D eigenvalue weighted by molar-refractivity contribution is -0.141. The highest BCUT2D eigenvalue weighted by atomic mass is 35.5. The highest BCUT2D eigenvalue weighted by Crippen LogP contribution is 2.28. The number of Topliss-reactive ketones (excluding diaryl/α,β-unsaturated/α-hetero) is 1. The lowest BCUT2D eigenvalue weighted by atomic mass is 9.84. The van der Waals surface area contributed by atoms with Crippen molar-refractivity contribution in [2.24, 2.45) is 17.8 Å². The lowest BCUT2D eigenvalue weighted by Crippen LogP contribution is -2.60. The van der Waals surface area contributed by atoms with E-state index in [9.17, 15) is 42.0 Å². The third-order valence-electron chi connectivity index (χ3n) is 9.91. The summed E-state index contributed by atoms with van der Waals surface area (Å²) in [5.41, 5.74) is 0.0140. The molecule has 0 bridgehead atoms. The van der Waals surface area contributed by atoms with E-state index < -0.39 is 92.8 Å². The van der Waals surface area contributed by atoms with E-state index in [1.165, 1.54) is 24.7 Å². The molecule has 1 heterocycles. The number of nitrogens with one attached hydrogen (secondary N) is 6. The van der Waals surface area contributed by atoms with Crippen molar-refractivity contribution in [2.75, 3.05) is 6.54 Å². The molecule has 59 heavy (non-hydrogen) atoms. The molecule has 5 atom stereocenters. The minimum Gasteiger partial charge on any atom is -0.344 e. The maximum absolute atomic E-state index is 14.1. The molecular formula is C39H54Cl2N8O9S. The minimum atomic E-state index is -4.43. The largest absolute Gasteiger partial charge is 0.344 e. The van der Waals surface area contributed by atoms with Crippen molar-refractivity contribution in [3.8, 4) is 0 Å². The van der Waals surface area contributed by atoms with Crippen molar-refractivity contribution in [3.63, 3.8) is 0 Å². The number of hydrogen-bond donors (Lipinski definition) is 6. The van der Waals surface area contributed by atoms with Crippen molar-refractivity contribution >= 4 is 74.5 Å². The Labute approximate surface area is 354 Å². The number of halogens is 2. The van der Waals surface area contributed by atoms with Gasteiger partial charge in [-0.05, 0) is 55.2 Å². The van der Waals surface area contributed by atoms with Gasteiger partial charge in [-0.25, -0.2) is 18.1 Å². The number of rotatable bonds is 21. The van der Waals surface area contributed by atoms with Crippen molar-refractivity contribution in [1.82, 2.24) is 41.3 Å². The average Bonchev–Trinajstić information content (AvgIpc) is 3.19. The predicted octanol–water partition coefficient (Wildman–Crippen LogP) is 3.00. The van der Waals surface area contributed by atoms with Crippen LogP contribution in [0.5, 0.6) is 0 Å². The number of carbonyl (C=O) groups is 7. The second-order valence-corrected chi connectivity index (χ2v) is 17.6. The van der Waals surface area contributed by atoms with Crippen LogP contribution in [0.1, 0.15) is 103 Å². The zero-order valence-corrected chi connectivity index (χ0v) is 36.1. The van der Waals surface area contributed by atoms with Gasteiger partial charge in [0.1, 0.15) is 23.8 Å². The van der Waals surface area contributed by atoms with Gasteiger partial charge in [-0.15, -0.1) is 0 Å². The summed E-state index contributed by atoms with van der Waals surface area (Å²) in [6, 6.07) is -1.22. The number of ketones is 1. The van der Waals surface area contributed by atoms with Crippen LogP contribution in [0.2, 0.25) is 10.0 Å². The monoisotopic (exact) mass is 880 g/mol. The Kier molecular flexibility index (Phi) is 19.1. The van der Waals surface area contributed by atoms with Gasteiger partial charge in [-0.1, -0.05) is 96.3 Å². The molecule has 2 aromatic rings. The van der Waals surface area contributed by atoms with Crippen molar-refractivity contribution in [2.45, 2.75) is 121 Å². The third kappa shape index (κ3) is 15.5. The van der Waals surface area contributed by atoms with Crippen LogP contribution in [0.4, 0.5) is 0 Å². The SMILES string of the molecule is CC[C@H](NC(=O)[C@H](CC1CCCCC1)NC(=O)C(NC(=O)[C@H](CC(C)C)NC(=O)c1cnccn1)[C@@H](C)CC)C(=O)C(=O)NCC(=O)NS(=O)(=O)c1cc(Cl)cc(Cl)c1. The second kappa shape index (κ2) is 23.2. The van der Waals surface area contributed by atoms with Gasteiger partial charge in [0.2, 0.25) is 23.5 Å². The molecular weight excluding hydrogens is 827 g/mol. The maximum Gasteiger partial charge on any atom is 0.290 e. The summed E-state index contributed by atoms with van der Waals surface area (Å²) in [5.74, 6) is -6.48. The second-order valence-electron chi connectivity index (χ2n) is 15.1. The summed E-state index contributed by atoms with van der Waals surface area (Å²) in [4.78, 5) is 101. The number of benzene rings is 1. The maximum atomic E-state index is 14.1. The van der Waals surface area contributed by atoms with Crippen LogP contribution in [-0.2, 0) is 38.8 Å². The van der Waals surface area contributed by atoms with Crippen molar-refractivity contribution in [3.05, 3.63) is 52.5 Å². The number of sulfonamides is 1. The number of carbonyl (C=O) groups excluding carboxylic acids is 7. The van der Waals surface area contributed by atoms with Gasteiger partial charge < -0.3 is 26.6 Å². The normalized spacial score (nSPS) is 15.7. The fraction of sp³-hybridized carbons (Fsp3) is 0.564. The molecule has 324 valence electrons. The molecule has 3 rings (SSSR count). The highest BCUT2D eigenvalue weighted by molar-refractivity contribution is 7.90. The molecule has 17 nitrogen and oxygen atoms in total. The first-order valence-electron chi connectivity index (χ1n) is 19.7. The fourth-order valence-electron chi connectivity index (χ4n) is 6.52. The van der Waals surface area contributed by atoms with Gasteiger partial charge >= 0.3 is 0 Å². The number of amides is 6. The summed E-state index contributed by atoms with van der Waals surface area (Å²) in [6.45, 7) is 8.02. The van der Waals surface area contributed by atoms with E-state index in [1.54, 1.807) is 18.6 Å². The van der Waals surface area contributed by atoms with Crippen LogP contribution >= 0.6 is 23.2 Å². The Bertz CT molecular complexity index is 1910. The van der Waals surface area contributed by atoms with Gasteiger partial charge in [0.15, 0.2) is 0 Å². The highest BCUT2D eigenvalue weighted by Gasteiger charge is 2.35. The van der Waals surface area contributed by atoms with Gasteiger partial charge in [-0.2, -0.15) is 0 Å². The molecule has 1 fully saturated rings. The first kappa shape index (κ1) is 48.7. The summed E-state index contributed by atoms with van der Waals surface area (Å²) < 4.78 is 27.0. The molecule has 1 unspecified atom stereocenters. The molecule has 0 saturated heterocycles. The van der Waals surface area contributed by atoms with Gasteiger partial charge in [0.25, 0.3) is 27.7 Å². The number of hydrogen-bond acceptors (Lipinski definition) is 11. The Morgan fingerprint density at radius 2 is 1.41 bits per heavy atom. The Hall–Kier alpha value is -4.68. The van der Waals surface area contributed by atoms with Crippen LogP contribution in [0, 0.1) is 17.8 Å². The van der Waals surface area contributed by atoms with Gasteiger partial charge in [-0.3, -0.25) is 38.5 Å². The quantitative estimate of drug-likeness (QED) is 0.0995. The molecule has 0 spiro atoms. The molecule has 0 radical (unpaired) electrons. The first-order chi connectivity index (χ1) is 27.8. The van der Waals surface area contributed by atoms with E-state index in [-0.39, 0.29) is 46.8 Å². The molecule has 6 amide bonds.